The monoisotopic (exact) mass is 291 g/mol. The van der Waals surface area contributed by atoms with Crippen LogP contribution in [0.1, 0.15) is 36.6 Å². The molecule has 0 bridgehead atoms. The quantitative estimate of drug-likeness (QED) is 0.906. The largest absolute Gasteiger partial charge is 0.481 e. The maximum absolute atomic E-state index is 11.4. The van der Waals surface area contributed by atoms with Gasteiger partial charge in [-0.15, -0.1) is 0 Å². The van der Waals surface area contributed by atoms with Crippen LogP contribution in [-0.2, 0) is 9.53 Å². The number of benzene rings is 1. The second kappa shape index (κ2) is 6.58. The van der Waals surface area contributed by atoms with Gasteiger partial charge in [-0.2, -0.15) is 0 Å². The minimum absolute atomic E-state index is 0.0533. The Labute approximate surface area is 126 Å². The van der Waals surface area contributed by atoms with Crippen LogP contribution in [0.3, 0.4) is 0 Å². The summed E-state index contributed by atoms with van der Waals surface area (Å²) in [4.78, 5) is 13.7. The number of hydrogen-bond donors (Lipinski definition) is 1. The standard InChI is InChI=1S/C17H25NO3/c1-5-18(16-10-21-9-15(16)17(19)20)13(4)14-8-11(2)6-7-12(14)3/h6-8,13,15-16H,5,9-10H2,1-4H3,(H,19,20). The molecule has 1 heterocycles. The highest BCUT2D eigenvalue weighted by atomic mass is 16.5. The smallest absolute Gasteiger partial charge is 0.310 e. The van der Waals surface area contributed by atoms with Crippen molar-refractivity contribution in [2.75, 3.05) is 19.8 Å². The fraction of sp³-hybridized carbons (Fsp3) is 0.588. The molecule has 1 N–H and O–H groups in total. The highest BCUT2D eigenvalue weighted by Gasteiger charge is 2.39. The number of carbonyl (C=O) groups is 1. The van der Waals surface area contributed by atoms with Crippen LogP contribution < -0.4 is 0 Å². The Morgan fingerprint density at radius 3 is 2.76 bits per heavy atom. The second-order valence-corrected chi connectivity index (χ2v) is 5.92. The molecule has 21 heavy (non-hydrogen) atoms. The van der Waals surface area contributed by atoms with Crippen LogP contribution >= 0.6 is 0 Å². The van der Waals surface area contributed by atoms with E-state index in [9.17, 15) is 9.90 Å². The molecule has 0 aliphatic carbocycles. The van der Waals surface area contributed by atoms with Gasteiger partial charge in [0.15, 0.2) is 0 Å². The molecule has 116 valence electrons. The Morgan fingerprint density at radius 1 is 1.43 bits per heavy atom. The normalized spacial score (nSPS) is 23.5. The van der Waals surface area contributed by atoms with E-state index >= 15 is 0 Å². The molecule has 0 saturated carbocycles. The van der Waals surface area contributed by atoms with Gasteiger partial charge in [-0.3, -0.25) is 9.69 Å². The van der Waals surface area contributed by atoms with Crippen LogP contribution in [0.2, 0.25) is 0 Å². The molecule has 1 aromatic carbocycles. The zero-order valence-corrected chi connectivity index (χ0v) is 13.3. The van der Waals surface area contributed by atoms with E-state index in [4.69, 9.17) is 4.74 Å². The summed E-state index contributed by atoms with van der Waals surface area (Å²) in [6, 6.07) is 6.58. The van der Waals surface area contributed by atoms with Crippen molar-refractivity contribution >= 4 is 5.97 Å². The number of hydrogen-bond acceptors (Lipinski definition) is 3. The maximum atomic E-state index is 11.4. The lowest BCUT2D eigenvalue weighted by atomic mass is 9.95. The predicted molar refractivity (Wildman–Crippen MR) is 82.4 cm³/mol. The van der Waals surface area contributed by atoms with Gasteiger partial charge in [0.05, 0.1) is 19.1 Å². The summed E-state index contributed by atoms with van der Waals surface area (Å²) in [5.41, 5.74) is 3.75. The minimum atomic E-state index is -0.760. The molecule has 0 aromatic heterocycles. The number of aliphatic carboxylic acids is 1. The van der Waals surface area contributed by atoms with Crippen molar-refractivity contribution in [3.05, 3.63) is 34.9 Å². The van der Waals surface area contributed by atoms with E-state index in [1.165, 1.54) is 16.7 Å². The molecule has 0 amide bonds. The van der Waals surface area contributed by atoms with Crippen molar-refractivity contribution in [3.8, 4) is 0 Å². The molecule has 3 unspecified atom stereocenters. The third-order valence-electron chi connectivity index (χ3n) is 4.54. The summed E-state index contributed by atoms with van der Waals surface area (Å²) in [5, 5.41) is 9.37. The Balaban J connectivity index is 2.28. The van der Waals surface area contributed by atoms with Crippen LogP contribution in [0.5, 0.6) is 0 Å². The third-order valence-corrected chi connectivity index (χ3v) is 4.54. The van der Waals surface area contributed by atoms with Crippen molar-refractivity contribution in [2.24, 2.45) is 5.92 Å². The van der Waals surface area contributed by atoms with E-state index in [0.29, 0.717) is 13.2 Å². The number of rotatable bonds is 5. The van der Waals surface area contributed by atoms with Crippen LogP contribution in [0.15, 0.2) is 18.2 Å². The second-order valence-electron chi connectivity index (χ2n) is 5.92. The van der Waals surface area contributed by atoms with E-state index in [1.807, 2.05) is 0 Å². The average Bonchev–Trinajstić information content (AvgIpc) is 2.91. The molecular weight excluding hydrogens is 266 g/mol. The summed E-state index contributed by atoms with van der Waals surface area (Å²) >= 11 is 0. The Bertz CT molecular complexity index is 515. The fourth-order valence-electron chi connectivity index (χ4n) is 3.29. The zero-order chi connectivity index (χ0) is 15.6. The first-order valence-corrected chi connectivity index (χ1v) is 7.59. The van der Waals surface area contributed by atoms with Gasteiger partial charge >= 0.3 is 5.97 Å². The van der Waals surface area contributed by atoms with Gasteiger partial charge in [-0.05, 0) is 38.4 Å². The molecule has 2 rings (SSSR count). The molecule has 4 nitrogen and oxygen atoms in total. The number of aryl methyl sites for hydroxylation is 2. The first-order valence-electron chi connectivity index (χ1n) is 7.59. The Morgan fingerprint density at radius 2 is 2.14 bits per heavy atom. The van der Waals surface area contributed by atoms with Gasteiger partial charge < -0.3 is 9.84 Å². The zero-order valence-electron chi connectivity index (χ0n) is 13.3. The number of nitrogens with zero attached hydrogens (tertiary/aromatic N) is 1. The van der Waals surface area contributed by atoms with Crippen molar-refractivity contribution in [3.63, 3.8) is 0 Å². The third kappa shape index (κ3) is 3.27. The van der Waals surface area contributed by atoms with E-state index < -0.39 is 11.9 Å². The summed E-state index contributed by atoms with van der Waals surface area (Å²) < 4.78 is 5.43. The van der Waals surface area contributed by atoms with E-state index in [0.717, 1.165) is 6.54 Å². The van der Waals surface area contributed by atoms with Crippen molar-refractivity contribution in [1.82, 2.24) is 4.90 Å². The summed E-state index contributed by atoms with van der Waals surface area (Å²) in [7, 11) is 0. The molecule has 1 aliphatic rings. The number of ether oxygens (including phenoxy) is 1. The SMILES string of the molecule is CCN(C(C)c1cc(C)ccc1C)C1COCC1C(=O)O. The molecule has 4 heteroatoms. The van der Waals surface area contributed by atoms with Crippen molar-refractivity contribution in [1.29, 1.82) is 0 Å². The summed E-state index contributed by atoms with van der Waals surface area (Å²) in [6.45, 7) is 10.1. The maximum Gasteiger partial charge on any atom is 0.310 e. The average molecular weight is 291 g/mol. The summed E-state index contributed by atoms with van der Waals surface area (Å²) in [6.07, 6.45) is 0. The molecule has 1 fully saturated rings. The Hall–Kier alpha value is -1.39. The predicted octanol–water partition coefficient (Wildman–Crippen LogP) is 2.79. The van der Waals surface area contributed by atoms with Gasteiger partial charge in [0.25, 0.3) is 0 Å². The molecule has 3 atom stereocenters. The number of carboxylic acids is 1. The van der Waals surface area contributed by atoms with Crippen LogP contribution in [-0.4, -0.2) is 41.8 Å². The fourth-order valence-corrected chi connectivity index (χ4v) is 3.29. The van der Waals surface area contributed by atoms with Crippen LogP contribution in [0.4, 0.5) is 0 Å². The number of likely N-dealkylation sites (N-methyl/N-ethyl adjacent to an activating group) is 1. The topological polar surface area (TPSA) is 49.8 Å². The van der Waals surface area contributed by atoms with Gasteiger partial charge in [-0.1, -0.05) is 30.7 Å². The first kappa shape index (κ1) is 16.0. The lowest BCUT2D eigenvalue weighted by molar-refractivity contribution is -0.143. The van der Waals surface area contributed by atoms with Gasteiger partial charge in [-0.25, -0.2) is 0 Å². The van der Waals surface area contributed by atoms with Crippen molar-refractivity contribution in [2.45, 2.75) is 39.8 Å². The number of carboxylic acid groups (broad SMARTS) is 1. The minimum Gasteiger partial charge on any atom is -0.481 e. The van der Waals surface area contributed by atoms with Crippen molar-refractivity contribution < 1.29 is 14.6 Å². The van der Waals surface area contributed by atoms with Crippen LogP contribution in [0.25, 0.3) is 0 Å². The molecular formula is C17H25NO3. The molecule has 0 spiro atoms. The van der Waals surface area contributed by atoms with Gasteiger partial charge in [0.2, 0.25) is 0 Å². The molecule has 1 saturated heterocycles. The summed E-state index contributed by atoms with van der Waals surface area (Å²) in [5.74, 6) is -1.19. The lowest BCUT2D eigenvalue weighted by Gasteiger charge is -2.35. The van der Waals surface area contributed by atoms with E-state index in [2.05, 4.69) is 50.8 Å². The lowest BCUT2D eigenvalue weighted by Crippen LogP contribution is -2.44. The van der Waals surface area contributed by atoms with E-state index in [-0.39, 0.29) is 12.1 Å². The first-order chi connectivity index (χ1) is 9.95. The molecule has 0 radical (unpaired) electrons. The molecule has 1 aromatic rings. The highest BCUT2D eigenvalue weighted by Crippen LogP contribution is 2.30. The van der Waals surface area contributed by atoms with Gasteiger partial charge in [0.1, 0.15) is 0 Å². The highest BCUT2D eigenvalue weighted by molar-refractivity contribution is 5.71. The molecule has 1 aliphatic heterocycles. The van der Waals surface area contributed by atoms with E-state index in [1.54, 1.807) is 0 Å². The Kier molecular flexibility index (Phi) is 5.01. The van der Waals surface area contributed by atoms with Crippen LogP contribution in [0, 0.1) is 19.8 Å². The van der Waals surface area contributed by atoms with Gasteiger partial charge in [0, 0.05) is 12.1 Å².